The molecule has 4 atom stereocenters. The number of benzene rings is 1. The summed E-state index contributed by atoms with van der Waals surface area (Å²) in [6, 6.07) is 6.36. The number of carbonyl (C=O) groups is 2. The van der Waals surface area contributed by atoms with E-state index in [1.807, 2.05) is 58.9 Å². The van der Waals surface area contributed by atoms with Crippen LogP contribution in [0.5, 0.6) is 0 Å². The van der Waals surface area contributed by atoms with Gasteiger partial charge in [-0.2, -0.15) is 0 Å². The molecule has 1 saturated heterocycles. The summed E-state index contributed by atoms with van der Waals surface area (Å²) in [6.07, 6.45) is -0.532. The summed E-state index contributed by atoms with van der Waals surface area (Å²) in [4.78, 5) is 32.9. The molecule has 0 radical (unpaired) electrons. The minimum Gasteiger partial charge on any atom is -0.394 e. The molecule has 1 aliphatic heterocycles. The third-order valence-corrected chi connectivity index (χ3v) is 7.35. The number of rotatable bonds is 7. The standard InChI is InChI=1S/C24H33N3O4S/c1-13(2)14(3)24(31)27-11-19(29)10-21(27)23(30)26-20(12-28)17-6-8-18(9-7-17)22-15(4)25-16(5)32-22/h6-9,13-14,19-21,28-29H,10-12H2,1-5H3,(H,26,30). The first-order chi connectivity index (χ1) is 15.1. The number of aliphatic hydroxyl groups is 2. The Balaban J connectivity index is 1.73. The predicted octanol–water partition coefficient (Wildman–Crippen LogP) is 2.83. The van der Waals surface area contributed by atoms with Gasteiger partial charge in [0.05, 0.1) is 34.3 Å². The number of aryl methyl sites for hydroxylation is 2. The largest absolute Gasteiger partial charge is 0.394 e. The van der Waals surface area contributed by atoms with Gasteiger partial charge in [-0.3, -0.25) is 9.59 Å². The molecule has 0 bridgehead atoms. The van der Waals surface area contributed by atoms with E-state index in [0.29, 0.717) is 0 Å². The lowest BCUT2D eigenvalue weighted by molar-refractivity contribution is -0.142. The average Bonchev–Trinajstić information content (AvgIpc) is 3.32. The van der Waals surface area contributed by atoms with E-state index in [0.717, 1.165) is 26.7 Å². The second kappa shape index (κ2) is 10.1. The van der Waals surface area contributed by atoms with E-state index < -0.39 is 18.2 Å². The number of aliphatic hydroxyl groups excluding tert-OH is 2. The Hall–Kier alpha value is -2.29. The second-order valence-electron chi connectivity index (χ2n) is 8.94. The van der Waals surface area contributed by atoms with E-state index in [1.165, 1.54) is 4.90 Å². The van der Waals surface area contributed by atoms with Crippen molar-refractivity contribution in [3.8, 4) is 10.4 Å². The van der Waals surface area contributed by atoms with Crippen LogP contribution >= 0.6 is 11.3 Å². The van der Waals surface area contributed by atoms with Crippen LogP contribution in [0.2, 0.25) is 0 Å². The SMILES string of the molecule is Cc1nc(C)c(-c2ccc(C(CO)NC(=O)C3CC(O)CN3C(=O)C(C)C(C)C)cc2)s1. The first-order valence-electron chi connectivity index (χ1n) is 11.1. The fourth-order valence-electron chi connectivity index (χ4n) is 4.02. The predicted molar refractivity (Wildman–Crippen MR) is 125 cm³/mol. The summed E-state index contributed by atoms with van der Waals surface area (Å²) < 4.78 is 0. The van der Waals surface area contributed by atoms with E-state index in [1.54, 1.807) is 11.3 Å². The van der Waals surface area contributed by atoms with Crippen molar-refractivity contribution in [1.82, 2.24) is 15.2 Å². The molecule has 2 amide bonds. The minimum absolute atomic E-state index is 0.128. The van der Waals surface area contributed by atoms with Crippen molar-refractivity contribution in [2.75, 3.05) is 13.2 Å². The van der Waals surface area contributed by atoms with Gasteiger partial charge in [-0.1, -0.05) is 45.0 Å². The first kappa shape index (κ1) is 24.4. The number of aromatic nitrogens is 1. The monoisotopic (exact) mass is 459 g/mol. The third-order valence-electron chi connectivity index (χ3n) is 6.23. The summed E-state index contributed by atoms with van der Waals surface area (Å²) >= 11 is 1.63. The second-order valence-corrected chi connectivity index (χ2v) is 10.1. The van der Waals surface area contributed by atoms with E-state index in [-0.39, 0.29) is 43.2 Å². The van der Waals surface area contributed by atoms with Crippen LogP contribution in [0.4, 0.5) is 0 Å². The Kier molecular flexibility index (Phi) is 7.69. The van der Waals surface area contributed by atoms with Gasteiger partial charge in [-0.15, -0.1) is 11.3 Å². The molecule has 8 heteroatoms. The topological polar surface area (TPSA) is 103 Å². The van der Waals surface area contributed by atoms with Crippen LogP contribution in [0.3, 0.4) is 0 Å². The molecule has 32 heavy (non-hydrogen) atoms. The highest BCUT2D eigenvalue weighted by atomic mass is 32.1. The smallest absolute Gasteiger partial charge is 0.243 e. The number of hydrogen-bond donors (Lipinski definition) is 3. The van der Waals surface area contributed by atoms with Crippen LogP contribution in [0.1, 0.15) is 49.5 Å². The molecular weight excluding hydrogens is 426 g/mol. The van der Waals surface area contributed by atoms with Gasteiger partial charge in [0.25, 0.3) is 0 Å². The zero-order valence-corrected chi connectivity index (χ0v) is 20.1. The lowest BCUT2D eigenvalue weighted by Crippen LogP contribution is -2.49. The molecule has 0 aliphatic carbocycles. The van der Waals surface area contributed by atoms with Crippen molar-refractivity contribution >= 4 is 23.2 Å². The summed E-state index contributed by atoms with van der Waals surface area (Å²) in [6.45, 7) is 9.61. The number of likely N-dealkylation sites (tertiary alicyclic amines) is 1. The average molecular weight is 460 g/mol. The third kappa shape index (κ3) is 5.19. The molecule has 0 spiro atoms. The van der Waals surface area contributed by atoms with Gasteiger partial charge in [0.2, 0.25) is 11.8 Å². The Labute approximate surface area is 193 Å². The maximum Gasteiger partial charge on any atom is 0.243 e. The number of nitrogens with one attached hydrogen (secondary N) is 1. The van der Waals surface area contributed by atoms with Crippen molar-refractivity contribution in [3.05, 3.63) is 40.5 Å². The molecule has 1 fully saturated rings. The van der Waals surface area contributed by atoms with Gasteiger partial charge in [0, 0.05) is 18.9 Å². The maximum absolute atomic E-state index is 13.0. The number of carbonyl (C=O) groups excluding carboxylic acids is 2. The van der Waals surface area contributed by atoms with E-state index >= 15 is 0 Å². The molecular formula is C24H33N3O4S. The molecule has 3 N–H and O–H groups in total. The maximum atomic E-state index is 13.0. The molecule has 7 nitrogen and oxygen atoms in total. The fraction of sp³-hybridized carbons (Fsp3) is 0.542. The Morgan fingerprint density at radius 1 is 1.22 bits per heavy atom. The van der Waals surface area contributed by atoms with E-state index in [9.17, 15) is 19.8 Å². The molecule has 2 heterocycles. The van der Waals surface area contributed by atoms with Crippen LogP contribution in [0.25, 0.3) is 10.4 Å². The van der Waals surface area contributed by atoms with Crippen molar-refractivity contribution in [1.29, 1.82) is 0 Å². The molecule has 2 aromatic rings. The first-order valence-corrected chi connectivity index (χ1v) is 11.9. The molecule has 174 valence electrons. The van der Waals surface area contributed by atoms with Crippen LogP contribution in [0.15, 0.2) is 24.3 Å². The molecule has 3 rings (SSSR count). The summed E-state index contributed by atoms with van der Waals surface area (Å²) in [5, 5.41) is 23.9. The van der Waals surface area contributed by atoms with E-state index in [2.05, 4.69) is 10.3 Å². The van der Waals surface area contributed by atoms with Crippen LogP contribution in [-0.4, -0.2) is 57.2 Å². The van der Waals surface area contributed by atoms with Crippen molar-refractivity contribution in [3.63, 3.8) is 0 Å². The molecule has 1 aromatic heterocycles. The number of β-amino-alcohol motifs (C(OH)–C–C–N with tert-alkyl or cyclic N) is 1. The number of thiazole rings is 1. The van der Waals surface area contributed by atoms with E-state index in [4.69, 9.17) is 0 Å². The van der Waals surface area contributed by atoms with Crippen LogP contribution in [0, 0.1) is 25.7 Å². The van der Waals surface area contributed by atoms with Gasteiger partial charge in [-0.25, -0.2) is 4.98 Å². The number of hydrogen-bond acceptors (Lipinski definition) is 6. The molecule has 1 aromatic carbocycles. The lowest BCUT2D eigenvalue weighted by atomic mass is 9.96. The Morgan fingerprint density at radius 2 is 1.88 bits per heavy atom. The van der Waals surface area contributed by atoms with Gasteiger partial charge in [-0.05, 0) is 30.9 Å². The van der Waals surface area contributed by atoms with Gasteiger partial charge < -0.3 is 20.4 Å². The molecule has 1 aliphatic rings. The van der Waals surface area contributed by atoms with Gasteiger partial charge >= 0.3 is 0 Å². The molecule has 0 saturated carbocycles. The highest BCUT2D eigenvalue weighted by molar-refractivity contribution is 7.15. The zero-order valence-electron chi connectivity index (χ0n) is 19.3. The zero-order chi connectivity index (χ0) is 23.6. The van der Waals surface area contributed by atoms with Crippen LogP contribution < -0.4 is 5.32 Å². The highest BCUT2D eigenvalue weighted by Gasteiger charge is 2.41. The molecule has 4 unspecified atom stereocenters. The highest BCUT2D eigenvalue weighted by Crippen LogP contribution is 2.31. The summed E-state index contributed by atoms with van der Waals surface area (Å²) in [5.41, 5.74) is 2.79. The van der Waals surface area contributed by atoms with Gasteiger partial charge in [0.1, 0.15) is 6.04 Å². The van der Waals surface area contributed by atoms with Crippen molar-refractivity contribution < 1.29 is 19.8 Å². The number of amides is 2. The lowest BCUT2D eigenvalue weighted by Gasteiger charge is -2.29. The summed E-state index contributed by atoms with van der Waals surface area (Å²) in [7, 11) is 0. The van der Waals surface area contributed by atoms with Crippen LogP contribution in [-0.2, 0) is 9.59 Å². The minimum atomic E-state index is -0.741. The Bertz CT molecular complexity index is 957. The van der Waals surface area contributed by atoms with Crippen molar-refractivity contribution in [2.45, 2.75) is 59.2 Å². The van der Waals surface area contributed by atoms with Crippen molar-refractivity contribution in [2.24, 2.45) is 11.8 Å². The summed E-state index contributed by atoms with van der Waals surface area (Å²) in [5.74, 6) is -0.589. The Morgan fingerprint density at radius 3 is 2.41 bits per heavy atom. The number of nitrogens with zero attached hydrogens (tertiary/aromatic N) is 2. The quantitative estimate of drug-likeness (QED) is 0.591. The normalized spacial score (nSPS) is 20.4. The van der Waals surface area contributed by atoms with Gasteiger partial charge in [0.15, 0.2) is 0 Å². The fourth-order valence-corrected chi connectivity index (χ4v) is 4.95.